The summed E-state index contributed by atoms with van der Waals surface area (Å²) in [4.78, 5) is 0. The Hall–Kier alpha value is -2.70. The molecule has 0 amide bonds. The average molecular weight is 344 g/mol. The number of ether oxygens (including phenoxy) is 2. The molecule has 0 aliphatic rings. The monoisotopic (exact) mass is 344 g/mol. The zero-order chi connectivity index (χ0) is 18.1. The van der Waals surface area contributed by atoms with Crippen LogP contribution in [0.2, 0.25) is 0 Å². The van der Waals surface area contributed by atoms with E-state index in [1.54, 1.807) is 0 Å². The molecule has 2 aromatic rings. The molecule has 25 heavy (non-hydrogen) atoms. The van der Waals surface area contributed by atoms with Crippen molar-refractivity contribution in [1.82, 2.24) is 0 Å². The summed E-state index contributed by atoms with van der Waals surface area (Å²) in [5.41, 5.74) is 9.27. The van der Waals surface area contributed by atoms with Gasteiger partial charge < -0.3 is 9.47 Å². The molecule has 6 heteroatoms. The summed E-state index contributed by atoms with van der Waals surface area (Å²) >= 11 is 0. The predicted octanol–water partition coefficient (Wildman–Crippen LogP) is -2.19. The molecule has 0 saturated carbocycles. The second kappa shape index (κ2) is 9.56. The van der Waals surface area contributed by atoms with Crippen molar-refractivity contribution in [3.05, 3.63) is 59.7 Å². The van der Waals surface area contributed by atoms with Crippen LogP contribution in [0.15, 0.2) is 48.5 Å². The van der Waals surface area contributed by atoms with Crippen molar-refractivity contribution < 1.29 is 31.8 Å². The Labute approximate surface area is 147 Å². The lowest BCUT2D eigenvalue weighted by molar-refractivity contribution is -0.299. The van der Waals surface area contributed by atoms with Gasteiger partial charge in [0.1, 0.15) is 22.6 Å². The first kappa shape index (κ1) is 18.6. The lowest BCUT2D eigenvalue weighted by Gasteiger charge is -2.07. The maximum absolute atomic E-state index is 5.71. The molecule has 0 atom stereocenters. The molecule has 0 aliphatic heterocycles. The van der Waals surface area contributed by atoms with Crippen LogP contribution >= 0.6 is 0 Å². The summed E-state index contributed by atoms with van der Waals surface area (Å²) in [5, 5.41) is 11.3. The number of amidine groups is 2. The number of hydrogen-bond acceptors (Lipinski definition) is 2. The maximum atomic E-state index is 5.71. The Morgan fingerprint density at radius 1 is 0.640 bits per heavy atom. The largest absolute Gasteiger partial charge is 0.494 e. The second-order valence-corrected chi connectivity index (χ2v) is 5.86. The fraction of sp³-hybridized carbons (Fsp3) is 0.263. The minimum absolute atomic E-state index is 0.564. The normalized spacial score (nSPS) is 10.3. The van der Waals surface area contributed by atoms with Gasteiger partial charge in [0.15, 0.2) is 0 Å². The van der Waals surface area contributed by atoms with E-state index in [1.807, 2.05) is 48.5 Å². The number of quaternary nitrogens is 2. The highest BCUT2D eigenvalue weighted by Crippen LogP contribution is 2.13. The van der Waals surface area contributed by atoms with Gasteiger partial charge >= 0.3 is 11.7 Å². The third-order valence-electron chi connectivity index (χ3n) is 3.78. The molecule has 6 nitrogen and oxygen atoms in total. The van der Waals surface area contributed by atoms with Gasteiger partial charge in [-0.2, -0.15) is 0 Å². The van der Waals surface area contributed by atoms with E-state index in [1.165, 1.54) is 0 Å². The summed E-state index contributed by atoms with van der Waals surface area (Å²) in [5.74, 6) is 2.83. The zero-order valence-corrected chi connectivity index (χ0v) is 14.5. The van der Waals surface area contributed by atoms with Gasteiger partial charge in [0.2, 0.25) is 0 Å². The van der Waals surface area contributed by atoms with E-state index in [0.29, 0.717) is 24.9 Å². The molecule has 0 radical (unpaired) electrons. The highest BCUT2D eigenvalue weighted by molar-refractivity contribution is 5.86. The fourth-order valence-corrected chi connectivity index (χ4v) is 2.29. The van der Waals surface area contributed by atoms with Gasteiger partial charge in [-0.05, 0) is 67.8 Å². The van der Waals surface area contributed by atoms with E-state index in [9.17, 15) is 0 Å². The summed E-state index contributed by atoms with van der Waals surface area (Å²) < 4.78 is 11.4. The molecular formula is C19H28N4O2+4. The van der Waals surface area contributed by atoms with E-state index in [0.717, 1.165) is 41.9 Å². The molecule has 0 saturated heterocycles. The van der Waals surface area contributed by atoms with Crippen LogP contribution in [0.4, 0.5) is 0 Å². The topological polar surface area (TPSA) is 125 Å². The average Bonchev–Trinajstić information content (AvgIpc) is 2.61. The third-order valence-corrected chi connectivity index (χ3v) is 3.78. The Morgan fingerprint density at radius 2 is 1.00 bits per heavy atom. The van der Waals surface area contributed by atoms with Gasteiger partial charge in [-0.25, -0.2) is 10.8 Å². The molecule has 2 aromatic carbocycles. The van der Waals surface area contributed by atoms with Crippen molar-refractivity contribution >= 4 is 11.7 Å². The first-order chi connectivity index (χ1) is 12.1. The van der Waals surface area contributed by atoms with Crippen LogP contribution in [0, 0.1) is 0 Å². The predicted molar refractivity (Wildman–Crippen MR) is 95.6 cm³/mol. The molecule has 0 unspecified atom stereocenters. The zero-order valence-electron chi connectivity index (χ0n) is 14.5. The Kier molecular flexibility index (Phi) is 7.13. The van der Waals surface area contributed by atoms with Gasteiger partial charge in [-0.1, -0.05) is 0 Å². The molecular weight excluding hydrogens is 316 g/mol. The van der Waals surface area contributed by atoms with E-state index in [4.69, 9.17) is 20.3 Å². The molecule has 2 rings (SSSR count). The number of rotatable bonds is 10. The maximum Gasteiger partial charge on any atom is 0.362 e. The molecule has 0 heterocycles. The quantitative estimate of drug-likeness (QED) is 0.222. The van der Waals surface area contributed by atoms with Crippen molar-refractivity contribution in [2.45, 2.75) is 19.3 Å². The molecule has 0 fully saturated rings. The van der Waals surface area contributed by atoms with E-state index >= 15 is 0 Å². The summed E-state index contributed by atoms with van der Waals surface area (Å²) in [6.45, 7) is 1.38. The van der Waals surface area contributed by atoms with Crippen molar-refractivity contribution in [2.24, 2.45) is 0 Å². The number of unbranched alkanes of at least 4 members (excludes halogenated alkanes) is 2. The van der Waals surface area contributed by atoms with Crippen molar-refractivity contribution in [1.29, 1.82) is 0 Å². The first-order valence-corrected chi connectivity index (χ1v) is 8.41. The van der Waals surface area contributed by atoms with Crippen LogP contribution in [0.5, 0.6) is 11.5 Å². The van der Waals surface area contributed by atoms with Gasteiger partial charge in [0.25, 0.3) is 0 Å². The highest BCUT2D eigenvalue weighted by atomic mass is 16.5. The Balaban J connectivity index is 1.57. The molecule has 0 aromatic heterocycles. The number of nitrogens with two attached hydrogens (primary N) is 2. The van der Waals surface area contributed by atoms with Gasteiger partial charge in [-0.15, -0.1) is 0 Å². The second-order valence-electron chi connectivity index (χ2n) is 5.86. The lowest BCUT2D eigenvalue weighted by Crippen LogP contribution is -2.70. The van der Waals surface area contributed by atoms with Crippen molar-refractivity contribution in [3.8, 4) is 11.5 Å². The minimum Gasteiger partial charge on any atom is -0.494 e. The number of hydrogen-bond donors (Lipinski definition) is 4. The van der Waals surface area contributed by atoms with Gasteiger partial charge in [-0.3, -0.25) is 11.5 Å². The van der Waals surface area contributed by atoms with Crippen LogP contribution < -0.4 is 31.8 Å². The standard InChI is InChI=1S/C19H24N4O2/c20-18(21)14-4-8-16(9-5-14)24-12-2-1-3-13-25-17-10-6-15(7-11-17)19(22)23/h4-11H,1-3,12-13H2,(H3,20,21)(H3,22,23)/p+4. The van der Waals surface area contributed by atoms with E-state index in [2.05, 4.69) is 11.5 Å². The van der Waals surface area contributed by atoms with E-state index in [-0.39, 0.29) is 0 Å². The summed E-state index contributed by atoms with van der Waals surface area (Å²) in [7, 11) is 0. The SMILES string of the molecule is [NH2+]=C([NH3+])c1ccc(OCCCCCOc2ccc(C(=[NH2+])[NH3+])cc2)cc1. The smallest absolute Gasteiger partial charge is 0.362 e. The molecule has 0 aliphatic carbocycles. The van der Waals surface area contributed by atoms with Gasteiger partial charge in [0.05, 0.1) is 13.2 Å². The first-order valence-electron chi connectivity index (χ1n) is 8.41. The van der Waals surface area contributed by atoms with Crippen LogP contribution in [0.3, 0.4) is 0 Å². The Bertz CT molecular complexity index is 635. The molecule has 0 spiro atoms. The van der Waals surface area contributed by atoms with Crippen molar-refractivity contribution in [3.63, 3.8) is 0 Å². The molecule has 132 valence electrons. The molecule has 10 N–H and O–H groups in total. The lowest BCUT2D eigenvalue weighted by atomic mass is 10.2. The van der Waals surface area contributed by atoms with E-state index < -0.39 is 0 Å². The third kappa shape index (κ3) is 6.37. The fourth-order valence-electron chi connectivity index (χ4n) is 2.29. The Morgan fingerprint density at radius 3 is 1.32 bits per heavy atom. The van der Waals surface area contributed by atoms with Crippen LogP contribution in [-0.2, 0) is 0 Å². The summed E-state index contributed by atoms with van der Waals surface area (Å²) in [6, 6.07) is 15.3. The van der Waals surface area contributed by atoms with Crippen LogP contribution in [0.25, 0.3) is 0 Å². The van der Waals surface area contributed by atoms with Crippen LogP contribution in [0.1, 0.15) is 30.4 Å². The summed E-state index contributed by atoms with van der Waals surface area (Å²) in [6.07, 6.45) is 3.02. The van der Waals surface area contributed by atoms with Crippen LogP contribution in [-0.4, -0.2) is 24.9 Å². The molecule has 0 bridgehead atoms. The highest BCUT2D eigenvalue weighted by Gasteiger charge is 2.05. The number of benzene rings is 2. The van der Waals surface area contributed by atoms with Gasteiger partial charge in [0, 0.05) is 0 Å². The minimum atomic E-state index is 0.564. The van der Waals surface area contributed by atoms with Crippen molar-refractivity contribution in [2.75, 3.05) is 13.2 Å².